The first-order chi connectivity index (χ1) is 4.83. The molecule has 0 heterocycles. The number of rotatable bonds is 2. The van der Waals surface area contributed by atoms with Crippen molar-refractivity contribution in [1.29, 1.82) is 0 Å². The molecule has 0 amide bonds. The van der Waals surface area contributed by atoms with Crippen molar-refractivity contribution in [3.8, 4) is 0 Å². The van der Waals surface area contributed by atoms with Gasteiger partial charge in [0.25, 0.3) is 0 Å². The SMILES string of the molecule is [CH]NCc1cccc(C)c1. The van der Waals surface area contributed by atoms with Gasteiger partial charge in [-0.1, -0.05) is 29.8 Å². The summed E-state index contributed by atoms with van der Waals surface area (Å²) in [6.45, 7) is 2.81. The Morgan fingerprint density at radius 2 is 2.30 bits per heavy atom. The third-order valence-corrected chi connectivity index (χ3v) is 1.39. The quantitative estimate of drug-likeness (QED) is 0.606. The van der Waals surface area contributed by atoms with E-state index in [9.17, 15) is 0 Å². The highest BCUT2D eigenvalue weighted by Gasteiger charge is 1.88. The fourth-order valence-electron chi connectivity index (χ4n) is 0.940. The second kappa shape index (κ2) is 3.37. The Morgan fingerprint density at radius 1 is 1.50 bits per heavy atom. The maximum Gasteiger partial charge on any atom is 0.0410 e. The fourth-order valence-corrected chi connectivity index (χ4v) is 0.940. The van der Waals surface area contributed by atoms with Crippen LogP contribution in [0.1, 0.15) is 11.1 Å². The van der Waals surface area contributed by atoms with Crippen molar-refractivity contribution < 1.29 is 0 Å². The van der Waals surface area contributed by atoms with E-state index < -0.39 is 0 Å². The monoisotopic (exact) mass is 133 g/mol. The topological polar surface area (TPSA) is 12.0 Å². The van der Waals surface area contributed by atoms with Gasteiger partial charge in [-0.2, -0.15) is 0 Å². The smallest absolute Gasteiger partial charge is 0.0410 e. The van der Waals surface area contributed by atoms with Gasteiger partial charge in [0.15, 0.2) is 0 Å². The third-order valence-electron chi connectivity index (χ3n) is 1.39. The second-order valence-electron chi connectivity index (χ2n) is 2.37. The van der Waals surface area contributed by atoms with Crippen LogP contribution in [0.25, 0.3) is 0 Å². The molecule has 0 aliphatic rings. The molecule has 1 heteroatoms. The highest BCUT2D eigenvalue weighted by molar-refractivity contribution is 5.21. The van der Waals surface area contributed by atoms with Crippen LogP contribution in [0.4, 0.5) is 0 Å². The lowest BCUT2D eigenvalue weighted by atomic mass is 10.1. The number of hydrogen-bond acceptors (Lipinski definition) is 1. The fraction of sp³-hybridized carbons (Fsp3) is 0.222. The zero-order valence-corrected chi connectivity index (χ0v) is 6.09. The molecule has 0 bridgehead atoms. The minimum atomic E-state index is 0.738. The molecule has 0 fully saturated rings. The Morgan fingerprint density at radius 3 is 2.90 bits per heavy atom. The van der Waals surface area contributed by atoms with Crippen LogP contribution in [0.3, 0.4) is 0 Å². The van der Waals surface area contributed by atoms with E-state index in [1.165, 1.54) is 11.1 Å². The molecule has 2 radical (unpaired) electrons. The Balaban J connectivity index is 2.75. The van der Waals surface area contributed by atoms with Crippen LogP contribution < -0.4 is 5.32 Å². The number of hydrogen-bond donors (Lipinski definition) is 1. The van der Waals surface area contributed by atoms with E-state index in [1.807, 2.05) is 12.1 Å². The molecule has 0 aliphatic carbocycles. The largest absolute Gasteiger partial charge is 0.307 e. The molecule has 1 nitrogen and oxygen atoms in total. The lowest BCUT2D eigenvalue weighted by molar-refractivity contribution is 0.865. The third kappa shape index (κ3) is 1.85. The van der Waals surface area contributed by atoms with Crippen LogP contribution in [0.2, 0.25) is 0 Å². The maximum atomic E-state index is 5.16. The van der Waals surface area contributed by atoms with Gasteiger partial charge in [-0.25, -0.2) is 0 Å². The zero-order valence-electron chi connectivity index (χ0n) is 6.09. The van der Waals surface area contributed by atoms with E-state index in [4.69, 9.17) is 7.05 Å². The van der Waals surface area contributed by atoms with Crippen molar-refractivity contribution in [2.75, 3.05) is 0 Å². The van der Waals surface area contributed by atoms with Gasteiger partial charge in [-0.3, -0.25) is 0 Å². The van der Waals surface area contributed by atoms with Gasteiger partial charge in [0, 0.05) is 13.6 Å². The summed E-state index contributed by atoms with van der Waals surface area (Å²) in [6, 6.07) is 8.26. The average Bonchev–Trinajstić information content (AvgIpc) is 1.88. The molecule has 0 unspecified atom stereocenters. The van der Waals surface area contributed by atoms with Crippen molar-refractivity contribution >= 4 is 0 Å². The first-order valence-corrected chi connectivity index (χ1v) is 3.32. The Hall–Kier alpha value is -0.820. The van der Waals surface area contributed by atoms with Gasteiger partial charge >= 0.3 is 0 Å². The second-order valence-corrected chi connectivity index (χ2v) is 2.37. The van der Waals surface area contributed by atoms with Gasteiger partial charge in [-0.15, -0.1) is 0 Å². The normalized spacial score (nSPS) is 9.80. The predicted molar refractivity (Wildman–Crippen MR) is 42.3 cm³/mol. The van der Waals surface area contributed by atoms with Crippen molar-refractivity contribution in [2.45, 2.75) is 13.5 Å². The summed E-state index contributed by atoms with van der Waals surface area (Å²) in [5, 5.41) is 2.61. The lowest BCUT2D eigenvalue weighted by Crippen LogP contribution is -2.01. The molecular formula is C9H11N. The molecule has 0 spiro atoms. The Kier molecular flexibility index (Phi) is 2.46. The van der Waals surface area contributed by atoms with E-state index in [2.05, 4.69) is 24.4 Å². The van der Waals surface area contributed by atoms with Gasteiger partial charge in [0.05, 0.1) is 0 Å². The minimum Gasteiger partial charge on any atom is -0.307 e. The molecule has 0 aliphatic heterocycles. The standard InChI is InChI=1S/C9H11N/c1-8-4-3-5-9(6-8)7-10-2/h2-6,10H,7H2,1H3. The zero-order chi connectivity index (χ0) is 7.40. The van der Waals surface area contributed by atoms with E-state index in [0.29, 0.717) is 0 Å². The summed E-state index contributed by atoms with van der Waals surface area (Å²) in [5.74, 6) is 0. The van der Waals surface area contributed by atoms with Crippen LogP contribution in [-0.4, -0.2) is 0 Å². The first kappa shape index (κ1) is 7.29. The summed E-state index contributed by atoms with van der Waals surface area (Å²) in [5.41, 5.74) is 2.50. The number of benzene rings is 1. The Bertz CT molecular complexity index is 206. The summed E-state index contributed by atoms with van der Waals surface area (Å²) in [6.07, 6.45) is 0. The molecule has 1 aromatic carbocycles. The molecule has 1 N–H and O–H groups in total. The van der Waals surface area contributed by atoms with Crippen LogP contribution in [0.5, 0.6) is 0 Å². The number of nitrogens with one attached hydrogen (secondary N) is 1. The molecule has 10 heavy (non-hydrogen) atoms. The molecule has 52 valence electrons. The van der Waals surface area contributed by atoms with Gasteiger partial charge in [0.1, 0.15) is 0 Å². The molecule has 1 aromatic rings. The van der Waals surface area contributed by atoms with Crippen LogP contribution in [0.15, 0.2) is 24.3 Å². The van der Waals surface area contributed by atoms with Crippen molar-refractivity contribution in [3.63, 3.8) is 0 Å². The summed E-state index contributed by atoms with van der Waals surface area (Å²) in [7, 11) is 5.16. The first-order valence-electron chi connectivity index (χ1n) is 3.32. The van der Waals surface area contributed by atoms with Crippen molar-refractivity contribution in [1.82, 2.24) is 5.32 Å². The Labute approximate surface area is 62.1 Å². The molecule has 1 rings (SSSR count). The molecule has 0 aromatic heterocycles. The van der Waals surface area contributed by atoms with Crippen molar-refractivity contribution in [3.05, 3.63) is 42.4 Å². The van der Waals surface area contributed by atoms with Crippen LogP contribution in [-0.2, 0) is 6.54 Å². The average molecular weight is 133 g/mol. The molecule has 0 atom stereocenters. The maximum absolute atomic E-state index is 5.16. The lowest BCUT2D eigenvalue weighted by Gasteiger charge is -1.99. The predicted octanol–water partition coefficient (Wildman–Crippen LogP) is 1.75. The van der Waals surface area contributed by atoms with Gasteiger partial charge in [0.2, 0.25) is 0 Å². The van der Waals surface area contributed by atoms with Crippen LogP contribution >= 0.6 is 0 Å². The number of aryl methyl sites for hydroxylation is 1. The van der Waals surface area contributed by atoms with Gasteiger partial charge in [-0.05, 0) is 12.5 Å². The molecule has 0 saturated carbocycles. The van der Waals surface area contributed by atoms with Crippen LogP contribution in [0, 0.1) is 14.0 Å². The van der Waals surface area contributed by atoms with E-state index in [0.717, 1.165) is 6.54 Å². The van der Waals surface area contributed by atoms with Crippen molar-refractivity contribution in [2.24, 2.45) is 0 Å². The molecular weight excluding hydrogens is 122 g/mol. The highest BCUT2D eigenvalue weighted by atomic mass is 14.8. The van der Waals surface area contributed by atoms with E-state index in [1.54, 1.807) is 0 Å². The van der Waals surface area contributed by atoms with Gasteiger partial charge < -0.3 is 5.32 Å². The van der Waals surface area contributed by atoms with E-state index in [-0.39, 0.29) is 0 Å². The molecule has 0 saturated heterocycles. The van der Waals surface area contributed by atoms with E-state index >= 15 is 0 Å². The summed E-state index contributed by atoms with van der Waals surface area (Å²) >= 11 is 0. The summed E-state index contributed by atoms with van der Waals surface area (Å²) in [4.78, 5) is 0. The highest BCUT2D eigenvalue weighted by Crippen LogP contribution is 2.02. The minimum absolute atomic E-state index is 0.738. The summed E-state index contributed by atoms with van der Waals surface area (Å²) < 4.78 is 0.